The van der Waals surface area contributed by atoms with Gasteiger partial charge in [-0.2, -0.15) is 0 Å². The first-order valence-electron chi connectivity index (χ1n) is 20.5. The maximum absolute atomic E-state index is 6.75. The van der Waals surface area contributed by atoms with Crippen LogP contribution in [0.15, 0.2) is 205 Å². The van der Waals surface area contributed by atoms with Crippen molar-refractivity contribution < 1.29 is 4.42 Å². The summed E-state index contributed by atoms with van der Waals surface area (Å²) in [6.07, 6.45) is 0. The molecule has 9 aromatic carbocycles. The number of furan rings is 1. The Hall–Kier alpha value is -8.35. The summed E-state index contributed by atoms with van der Waals surface area (Å²) in [6.45, 7) is 0. The van der Waals surface area contributed by atoms with E-state index in [0.717, 1.165) is 77.5 Å². The third-order valence-corrected chi connectivity index (χ3v) is 12.1. The smallest absolute Gasteiger partial charge is 0.166 e. The fourth-order valence-corrected chi connectivity index (χ4v) is 9.44. The molecule has 0 atom stereocenters. The Morgan fingerprint density at radius 3 is 1.74 bits per heavy atom. The number of rotatable bonds is 5. The zero-order valence-electron chi connectivity index (χ0n) is 32.7. The van der Waals surface area contributed by atoms with Crippen molar-refractivity contribution >= 4 is 76.3 Å². The third kappa shape index (κ3) is 5.12. The molecule has 0 bridgehead atoms. The summed E-state index contributed by atoms with van der Waals surface area (Å²) >= 11 is 0. The summed E-state index contributed by atoms with van der Waals surface area (Å²) < 4.78 is 11.5. The van der Waals surface area contributed by atoms with Crippen LogP contribution >= 0.6 is 0 Å². The maximum Gasteiger partial charge on any atom is 0.166 e. The van der Waals surface area contributed by atoms with Gasteiger partial charge in [0.25, 0.3) is 0 Å². The molecule has 0 saturated carbocycles. The molecule has 6 heteroatoms. The monoisotopic (exact) mass is 779 g/mol. The highest BCUT2D eigenvalue weighted by Crippen LogP contribution is 2.43. The van der Waals surface area contributed by atoms with Crippen molar-refractivity contribution in [3.63, 3.8) is 0 Å². The van der Waals surface area contributed by atoms with Gasteiger partial charge in [0.2, 0.25) is 0 Å². The van der Waals surface area contributed by atoms with E-state index in [1.807, 2.05) is 30.3 Å². The Balaban J connectivity index is 1.13. The highest BCUT2D eigenvalue weighted by Gasteiger charge is 2.23. The van der Waals surface area contributed by atoms with E-state index in [2.05, 4.69) is 179 Å². The minimum Gasteiger partial charge on any atom is -0.456 e. The molecule has 61 heavy (non-hydrogen) atoms. The molecule has 0 radical (unpaired) electrons. The predicted octanol–water partition coefficient (Wildman–Crippen LogP) is 14.1. The summed E-state index contributed by atoms with van der Waals surface area (Å²) in [6, 6.07) is 70.2. The molecular formula is C55H33N5O. The van der Waals surface area contributed by atoms with Gasteiger partial charge < -0.3 is 13.6 Å². The van der Waals surface area contributed by atoms with E-state index >= 15 is 0 Å². The standard InChI is InChI=1S/C55H33N5O/c1-3-16-34(17-4-1)53-56-54(58-55(57-53)43-26-15-25-41-39-22-9-12-27-45(39)59(52(41)43)38-20-5-2-6-21-38)37-32-48(51-42-24-11-14-29-49(42)61-50(51)33-37)60-46-28-13-10-23-40(46)44-30-35-18-7-8-19-36(35)31-47(44)60/h1-33H. The normalized spacial score (nSPS) is 11.9. The number of hydrogen-bond donors (Lipinski definition) is 0. The molecule has 13 aromatic rings. The van der Waals surface area contributed by atoms with Crippen molar-refractivity contribution in [2.24, 2.45) is 0 Å². The van der Waals surface area contributed by atoms with Crippen LogP contribution in [0, 0.1) is 0 Å². The van der Waals surface area contributed by atoms with Gasteiger partial charge in [-0.25, -0.2) is 15.0 Å². The maximum atomic E-state index is 6.75. The zero-order chi connectivity index (χ0) is 40.0. The number of hydrogen-bond acceptors (Lipinski definition) is 4. The van der Waals surface area contributed by atoms with Gasteiger partial charge >= 0.3 is 0 Å². The van der Waals surface area contributed by atoms with Gasteiger partial charge in [0.1, 0.15) is 11.2 Å². The van der Waals surface area contributed by atoms with Crippen LogP contribution in [0.4, 0.5) is 0 Å². The average molecular weight is 780 g/mol. The number of para-hydroxylation sites is 5. The van der Waals surface area contributed by atoms with E-state index in [4.69, 9.17) is 19.4 Å². The molecule has 4 heterocycles. The largest absolute Gasteiger partial charge is 0.456 e. The molecule has 0 amide bonds. The molecule has 6 nitrogen and oxygen atoms in total. The molecule has 0 unspecified atom stereocenters. The van der Waals surface area contributed by atoms with Crippen molar-refractivity contribution in [3.05, 3.63) is 200 Å². The van der Waals surface area contributed by atoms with E-state index < -0.39 is 0 Å². The van der Waals surface area contributed by atoms with Crippen molar-refractivity contribution in [2.45, 2.75) is 0 Å². The third-order valence-electron chi connectivity index (χ3n) is 12.1. The fourth-order valence-electron chi connectivity index (χ4n) is 9.44. The lowest BCUT2D eigenvalue weighted by molar-refractivity contribution is 0.669. The van der Waals surface area contributed by atoms with E-state index in [1.54, 1.807) is 0 Å². The van der Waals surface area contributed by atoms with Crippen LogP contribution in [0.1, 0.15) is 0 Å². The molecular weight excluding hydrogens is 747 g/mol. The molecule has 0 fully saturated rings. The SMILES string of the molecule is c1ccc(-c2nc(-c3cc(-n4c5ccccc5c5cc6ccccc6cc54)c4c(c3)oc3ccccc34)nc(-c3cccc4c5ccccc5n(-c5ccccc5)c34)n2)cc1. The predicted molar refractivity (Wildman–Crippen MR) is 250 cm³/mol. The molecule has 284 valence electrons. The van der Waals surface area contributed by atoms with Gasteiger partial charge in [0, 0.05) is 49.3 Å². The van der Waals surface area contributed by atoms with Crippen molar-refractivity contribution in [1.29, 1.82) is 0 Å². The van der Waals surface area contributed by atoms with Gasteiger partial charge in [-0.1, -0.05) is 140 Å². The van der Waals surface area contributed by atoms with Crippen LogP contribution in [0.5, 0.6) is 0 Å². The van der Waals surface area contributed by atoms with Crippen LogP contribution in [-0.4, -0.2) is 24.1 Å². The van der Waals surface area contributed by atoms with Crippen LogP contribution in [0.3, 0.4) is 0 Å². The summed E-state index contributed by atoms with van der Waals surface area (Å²) in [7, 11) is 0. The minimum absolute atomic E-state index is 0.554. The first kappa shape index (κ1) is 33.6. The molecule has 13 rings (SSSR count). The molecule has 0 aliphatic carbocycles. The molecule has 0 N–H and O–H groups in total. The fraction of sp³-hybridized carbons (Fsp3) is 0. The first-order valence-corrected chi connectivity index (χ1v) is 20.5. The summed E-state index contributed by atoms with van der Waals surface area (Å²) in [4.78, 5) is 16.0. The number of aromatic nitrogens is 5. The van der Waals surface area contributed by atoms with E-state index in [0.29, 0.717) is 17.5 Å². The van der Waals surface area contributed by atoms with Crippen LogP contribution in [0.2, 0.25) is 0 Å². The van der Waals surface area contributed by atoms with E-state index in [1.165, 1.54) is 26.9 Å². The molecule has 0 saturated heterocycles. The second-order valence-electron chi connectivity index (χ2n) is 15.6. The second kappa shape index (κ2) is 13.1. The highest BCUT2D eigenvalue weighted by atomic mass is 16.3. The lowest BCUT2D eigenvalue weighted by Crippen LogP contribution is -2.03. The summed E-state index contributed by atoms with van der Waals surface area (Å²) in [5, 5.41) is 9.14. The zero-order valence-corrected chi connectivity index (χ0v) is 32.7. The second-order valence-corrected chi connectivity index (χ2v) is 15.6. The van der Waals surface area contributed by atoms with Gasteiger partial charge in [0.05, 0.1) is 33.1 Å². The Labute approximate surface area is 349 Å². The Morgan fingerprint density at radius 1 is 0.361 bits per heavy atom. The van der Waals surface area contributed by atoms with E-state index in [-0.39, 0.29) is 0 Å². The van der Waals surface area contributed by atoms with Gasteiger partial charge in [0.15, 0.2) is 17.5 Å². The molecule has 4 aromatic heterocycles. The minimum atomic E-state index is 0.554. The number of benzene rings is 9. The summed E-state index contributed by atoms with van der Waals surface area (Å²) in [5.41, 5.74) is 10.7. The lowest BCUT2D eigenvalue weighted by atomic mass is 10.0. The van der Waals surface area contributed by atoms with Crippen LogP contribution in [-0.2, 0) is 0 Å². The summed E-state index contributed by atoms with van der Waals surface area (Å²) in [5.74, 6) is 1.73. The lowest BCUT2D eigenvalue weighted by Gasteiger charge is -2.14. The van der Waals surface area contributed by atoms with Crippen LogP contribution < -0.4 is 0 Å². The quantitative estimate of drug-likeness (QED) is 0.175. The topological polar surface area (TPSA) is 61.7 Å². The van der Waals surface area contributed by atoms with E-state index in [9.17, 15) is 0 Å². The van der Waals surface area contributed by atoms with Crippen molar-refractivity contribution in [2.75, 3.05) is 0 Å². The highest BCUT2D eigenvalue weighted by molar-refractivity contribution is 6.17. The van der Waals surface area contributed by atoms with Gasteiger partial charge in [-0.05, 0) is 71.4 Å². The number of nitrogens with zero attached hydrogens (tertiary/aromatic N) is 5. The molecule has 0 aliphatic rings. The molecule has 0 spiro atoms. The van der Waals surface area contributed by atoms with Gasteiger partial charge in [-0.3, -0.25) is 0 Å². The Bertz CT molecular complexity index is 3880. The average Bonchev–Trinajstić information content (AvgIpc) is 3.98. The Kier molecular flexibility index (Phi) is 7.21. The van der Waals surface area contributed by atoms with Crippen molar-refractivity contribution in [1.82, 2.24) is 24.1 Å². The van der Waals surface area contributed by atoms with Crippen LogP contribution in [0.25, 0.3) is 122 Å². The Morgan fingerprint density at radius 2 is 0.951 bits per heavy atom. The van der Waals surface area contributed by atoms with Gasteiger partial charge in [-0.15, -0.1) is 0 Å². The molecule has 0 aliphatic heterocycles. The first-order chi connectivity index (χ1) is 30.2. The number of fused-ring (bicyclic) bond motifs is 10. The van der Waals surface area contributed by atoms with Crippen molar-refractivity contribution in [3.8, 4) is 45.5 Å².